The van der Waals surface area contributed by atoms with Crippen LogP contribution in [0.15, 0.2) is 47.4 Å². The van der Waals surface area contributed by atoms with E-state index < -0.39 is 0 Å². The van der Waals surface area contributed by atoms with E-state index in [1.165, 1.54) is 12.1 Å². The predicted octanol–water partition coefficient (Wildman–Crippen LogP) is 1.27. The van der Waals surface area contributed by atoms with Gasteiger partial charge in [0.05, 0.1) is 0 Å². The van der Waals surface area contributed by atoms with Crippen molar-refractivity contribution in [3.05, 3.63) is 52.8 Å². The number of nitrogens with one attached hydrogen (secondary N) is 1. The number of nitrogens with two attached hydrogens (primary N) is 1. The van der Waals surface area contributed by atoms with Crippen LogP contribution in [-0.2, 0) is 0 Å². The number of pyridine rings is 1. The van der Waals surface area contributed by atoms with Crippen LogP contribution in [0.5, 0.6) is 0 Å². The molecule has 3 N–H and O–H groups in total. The van der Waals surface area contributed by atoms with E-state index in [0.29, 0.717) is 17.2 Å². The molecule has 0 saturated carbocycles. The Kier molecular flexibility index (Phi) is 1.98. The zero-order chi connectivity index (χ0) is 11.8. The molecule has 17 heavy (non-hydrogen) atoms. The fourth-order valence-electron chi connectivity index (χ4n) is 1.81. The summed E-state index contributed by atoms with van der Waals surface area (Å²) >= 11 is 0. The highest BCUT2D eigenvalue weighted by atomic mass is 16.1. The summed E-state index contributed by atoms with van der Waals surface area (Å²) in [5, 5.41) is 7.00. The third-order valence-corrected chi connectivity index (χ3v) is 2.63. The van der Waals surface area contributed by atoms with Crippen LogP contribution in [0.4, 0.5) is 5.69 Å². The molecule has 1 aromatic carbocycles. The lowest BCUT2D eigenvalue weighted by molar-refractivity contribution is 1.11. The molecule has 0 atom stereocenters. The van der Waals surface area contributed by atoms with Crippen molar-refractivity contribution in [1.82, 2.24) is 14.6 Å². The van der Waals surface area contributed by atoms with E-state index in [1.54, 1.807) is 10.6 Å². The number of nitrogens with zero attached hydrogens (tertiary/aromatic N) is 2. The monoisotopic (exact) mass is 226 g/mol. The van der Waals surface area contributed by atoms with Gasteiger partial charge in [0, 0.05) is 29.6 Å². The van der Waals surface area contributed by atoms with E-state index in [0.717, 1.165) is 5.56 Å². The second-order valence-electron chi connectivity index (χ2n) is 3.75. The van der Waals surface area contributed by atoms with Gasteiger partial charge in [-0.3, -0.25) is 14.3 Å². The first-order valence-electron chi connectivity index (χ1n) is 5.17. The van der Waals surface area contributed by atoms with E-state index in [2.05, 4.69) is 10.2 Å². The lowest BCUT2D eigenvalue weighted by Gasteiger charge is -2.02. The van der Waals surface area contributed by atoms with Crippen molar-refractivity contribution >= 4 is 11.3 Å². The summed E-state index contributed by atoms with van der Waals surface area (Å²) in [5.74, 6) is 0.693. The standard InChI is InChI=1S/C12H10N4O/c13-10-4-2-1-3-9(10)12-15-14-11-7-8(17)5-6-16(11)12/h1-7,14H,13H2. The Morgan fingerprint density at radius 3 is 2.88 bits per heavy atom. The van der Waals surface area contributed by atoms with Gasteiger partial charge < -0.3 is 5.73 Å². The Hall–Kier alpha value is -2.56. The van der Waals surface area contributed by atoms with Gasteiger partial charge in [0.1, 0.15) is 5.65 Å². The van der Waals surface area contributed by atoms with Crippen molar-refractivity contribution in [3.63, 3.8) is 0 Å². The second-order valence-corrected chi connectivity index (χ2v) is 3.75. The first-order valence-corrected chi connectivity index (χ1v) is 5.17. The topological polar surface area (TPSA) is 76.2 Å². The number of aromatic amines is 1. The Bertz CT molecular complexity index is 741. The Morgan fingerprint density at radius 2 is 2.06 bits per heavy atom. The molecule has 2 heterocycles. The Balaban J connectivity index is 2.32. The highest BCUT2D eigenvalue weighted by Crippen LogP contribution is 2.23. The largest absolute Gasteiger partial charge is 0.398 e. The summed E-state index contributed by atoms with van der Waals surface area (Å²) < 4.78 is 1.80. The van der Waals surface area contributed by atoms with Crippen LogP contribution in [0.2, 0.25) is 0 Å². The van der Waals surface area contributed by atoms with Crippen molar-refractivity contribution < 1.29 is 0 Å². The third kappa shape index (κ3) is 1.48. The van der Waals surface area contributed by atoms with E-state index in [9.17, 15) is 4.79 Å². The Morgan fingerprint density at radius 1 is 1.24 bits per heavy atom. The first-order chi connectivity index (χ1) is 8.25. The third-order valence-electron chi connectivity index (χ3n) is 2.63. The highest BCUT2D eigenvalue weighted by molar-refractivity contribution is 5.72. The lowest BCUT2D eigenvalue weighted by Crippen LogP contribution is -2.00. The molecular formula is C12H10N4O. The average molecular weight is 226 g/mol. The summed E-state index contributed by atoms with van der Waals surface area (Å²) in [5.41, 5.74) is 7.99. The van der Waals surface area contributed by atoms with Gasteiger partial charge in [-0.15, -0.1) is 0 Å². The van der Waals surface area contributed by atoms with Crippen LogP contribution in [0, 0.1) is 0 Å². The molecule has 0 spiro atoms. The first kappa shape index (κ1) is 9.65. The molecule has 5 nitrogen and oxygen atoms in total. The highest BCUT2D eigenvalue weighted by Gasteiger charge is 2.09. The summed E-state index contributed by atoms with van der Waals surface area (Å²) in [6.45, 7) is 0. The normalized spacial score (nSPS) is 10.8. The van der Waals surface area contributed by atoms with Crippen molar-refractivity contribution in [2.45, 2.75) is 0 Å². The van der Waals surface area contributed by atoms with Crippen molar-refractivity contribution in [1.29, 1.82) is 0 Å². The fraction of sp³-hybridized carbons (Fsp3) is 0. The van der Waals surface area contributed by atoms with Gasteiger partial charge in [0.15, 0.2) is 11.3 Å². The molecule has 0 amide bonds. The molecule has 5 heteroatoms. The summed E-state index contributed by atoms with van der Waals surface area (Å²) in [4.78, 5) is 11.2. The number of para-hydroxylation sites is 1. The maximum absolute atomic E-state index is 11.2. The van der Waals surface area contributed by atoms with Crippen LogP contribution in [-0.4, -0.2) is 14.6 Å². The minimum atomic E-state index is -0.0544. The molecule has 84 valence electrons. The summed E-state index contributed by atoms with van der Waals surface area (Å²) in [6.07, 6.45) is 1.68. The molecular weight excluding hydrogens is 216 g/mol. The van der Waals surface area contributed by atoms with Crippen LogP contribution >= 0.6 is 0 Å². The van der Waals surface area contributed by atoms with Gasteiger partial charge in [0.25, 0.3) is 0 Å². The van der Waals surface area contributed by atoms with E-state index in [1.807, 2.05) is 24.3 Å². The number of H-pyrrole nitrogens is 1. The molecule has 0 unspecified atom stereocenters. The van der Waals surface area contributed by atoms with Gasteiger partial charge in [-0.25, -0.2) is 0 Å². The zero-order valence-corrected chi connectivity index (χ0v) is 8.92. The zero-order valence-electron chi connectivity index (χ0n) is 8.92. The molecule has 3 rings (SSSR count). The number of benzene rings is 1. The molecule has 3 aromatic rings. The molecule has 0 aliphatic carbocycles. The van der Waals surface area contributed by atoms with Crippen LogP contribution in [0.1, 0.15) is 0 Å². The van der Waals surface area contributed by atoms with Crippen LogP contribution in [0.25, 0.3) is 17.0 Å². The fourth-order valence-corrected chi connectivity index (χ4v) is 1.81. The van der Waals surface area contributed by atoms with Gasteiger partial charge in [0.2, 0.25) is 0 Å². The Labute approximate surface area is 96.5 Å². The van der Waals surface area contributed by atoms with E-state index >= 15 is 0 Å². The average Bonchev–Trinajstić information content (AvgIpc) is 2.72. The molecule has 0 aliphatic heterocycles. The summed E-state index contributed by atoms with van der Waals surface area (Å²) in [6, 6.07) is 10.5. The molecule has 0 bridgehead atoms. The van der Waals surface area contributed by atoms with Gasteiger partial charge in [-0.2, -0.15) is 5.10 Å². The number of hydrogen-bond donors (Lipinski definition) is 2. The van der Waals surface area contributed by atoms with E-state index in [4.69, 9.17) is 5.73 Å². The molecule has 0 radical (unpaired) electrons. The number of fused-ring (bicyclic) bond motifs is 1. The van der Waals surface area contributed by atoms with Crippen molar-refractivity contribution in [2.75, 3.05) is 5.73 Å². The second kappa shape index (κ2) is 3.48. The maximum Gasteiger partial charge on any atom is 0.183 e. The molecule has 0 aliphatic rings. The quantitative estimate of drug-likeness (QED) is 0.613. The number of anilines is 1. The maximum atomic E-state index is 11.2. The molecule has 0 saturated heterocycles. The number of hydrogen-bond acceptors (Lipinski definition) is 3. The van der Waals surface area contributed by atoms with Crippen LogP contribution < -0.4 is 11.2 Å². The van der Waals surface area contributed by atoms with Crippen molar-refractivity contribution in [2.24, 2.45) is 0 Å². The van der Waals surface area contributed by atoms with E-state index in [-0.39, 0.29) is 5.43 Å². The number of nitrogen functional groups attached to an aromatic ring is 1. The molecule has 0 fully saturated rings. The minimum absolute atomic E-state index is 0.0544. The van der Waals surface area contributed by atoms with Crippen LogP contribution in [0.3, 0.4) is 0 Å². The predicted molar refractivity (Wildman–Crippen MR) is 65.7 cm³/mol. The van der Waals surface area contributed by atoms with Gasteiger partial charge in [-0.1, -0.05) is 12.1 Å². The smallest absolute Gasteiger partial charge is 0.183 e. The molecule has 2 aromatic heterocycles. The number of aromatic nitrogens is 3. The number of rotatable bonds is 1. The van der Waals surface area contributed by atoms with Gasteiger partial charge in [-0.05, 0) is 12.1 Å². The lowest BCUT2D eigenvalue weighted by atomic mass is 10.2. The SMILES string of the molecule is Nc1ccccc1-c1n[nH]c2cc(=O)ccn12. The summed E-state index contributed by atoms with van der Waals surface area (Å²) in [7, 11) is 0. The minimum Gasteiger partial charge on any atom is -0.398 e. The van der Waals surface area contributed by atoms with Crippen molar-refractivity contribution in [3.8, 4) is 11.4 Å². The van der Waals surface area contributed by atoms with Gasteiger partial charge >= 0.3 is 0 Å².